The maximum atomic E-state index is 5.30. The van der Waals surface area contributed by atoms with Gasteiger partial charge in [0, 0.05) is 6.20 Å². The molecule has 2 rings (SSSR count). The fraction of sp³-hybridized carbons (Fsp3) is 0.462. The van der Waals surface area contributed by atoms with Crippen LogP contribution in [-0.4, -0.2) is 22.2 Å². The Morgan fingerprint density at radius 1 is 1.39 bits per heavy atom. The molecule has 0 aliphatic heterocycles. The predicted octanol–water partition coefficient (Wildman–Crippen LogP) is 2.36. The molecule has 0 saturated heterocycles. The number of aromatic nitrogens is 3. The van der Waals surface area contributed by atoms with E-state index in [4.69, 9.17) is 4.52 Å². The highest BCUT2D eigenvalue weighted by molar-refractivity contribution is 5.53. The van der Waals surface area contributed by atoms with E-state index in [0.29, 0.717) is 11.7 Å². The molecule has 5 nitrogen and oxygen atoms in total. The molecule has 18 heavy (non-hydrogen) atoms. The minimum atomic E-state index is 0.0973. The fourth-order valence-electron chi connectivity index (χ4n) is 1.90. The van der Waals surface area contributed by atoms with Crippen molar-refractivity contribution in [3.8, 4) is 11.5 Å². The number of rotatable bonds is 5. The van der Waals surface area contributed by atoms with Gasteiger partial charge in [-0.1, -0.05) is 25.1 Å². The molecule has 1 atom stereocenters. The topological polar surface area (TPSA) is 63.8 Å². The van der Waals surface area contributed by atoms with E-state index in [9.17, 15) is 0 Å². The van der Waals surface area contributed by atoms with E-state index < -0.39 is 0 Å². The van der Waals surface area contributed by atoms with Crippen LogP contribution >= 0.6 is 0 Å². The van der Waals surface area contributed by atoms with Crippen LogP contribution in [0.5, 0.6) is 0 Å². The van der Waals surface area contributed by atoms with Gasteiger partial charge in [0.25, 0.3) is 0 Å². The zero-order valence-electron chi connectivity index (χ0n) is 11.0. The zero-order valence-corrected chi connectivity index (χ0v) is 11.0. The Balaban J connectivity index is 2.34. The van der Waals surface area contributed by atoms with Gasteiger partial charge in [0.1, 0.15) is 5.69 Å². The van der Waals surface area contributed by atoms with E-state index in [0.717, 1.165) is 24.1 Å². The largest absolute Gasteiger partial charge is 0.337 e. The Hall–Kier alpha value is -1.75. The number of pyridine rings is 1. The molecule has 0 fully saturated rings. The van der Waals surface area contributed by atoms with E-state index >= 15 is 0 Å². The summed E-state index contributed by atoms with van der Waals surface area (Å²) in [5, 5.41) is 7.17. The maximum absolute atomic E-state index is 5.30. The molecule has 0 aromatic carbocycles. The fourth-order valence-corrected chi connectivity index (χ4v) is 1.90. The molecule has 0 aliphatic carbocycles. The summed E-state index contributed by atoms with van der Waals surface area (Å²) in [6, 6.07) is 4.06. The molecule has 2 heterocycles. The molecule has 5 heteroatoms. The van der Waals surface area contributed by atoms with Crippen molar-refractivity contribution in [3.05, 3.63) is 29.8 Å². The number of hydrogen-bond donors (Lipinski definition) is 1. The standard InChI is InChI=1S/C13H18N4O/c1-4-9-7-6-8-15-11(9)12-16-13(18-17-12)10(5-2)14-3/h6-8,10,14H,4-5H2,1-3H3. The van der Waals surface area contributed by atoms with Gasteiger partial charge in [-0.3, -0.25) is 4.98 Å². The van der Waals surface area contributed by atoms with Crippen molar-refractivity contribution in [2.45, 2.75) is 32.7 Å². The van der Waals surface area contributed by atoms with Crippen LogP contribution in [0.4, 0.5) is 0 Å². The van der Waals surface area contributed by atoms with Crippen LogP contribution in [0.2, 0.25) is 0 Å². The first-order valence-electron chi connectivity index (χ1n) is 6.25. The molecule has 2 aromatic heterocycles. The average molecular weight is 246 g/mol. The van der Waals surface area contributed by atoms with Gasteiger partial charge in [0.15, 0.2) is 0 Å². The molecule has 1 unspecified atom stereocenters. The zero-order chi connectivity index (χ0) is 13.0. The Labute approximate surface area is 107 Å². The van der Waals surface area contributed by atoms with Crippen LogP contribution in [0, 0.1) is 0 Å². The summed E-state index contributed by atoms with van der Waals surface area (Å²) in [4.78, 5) is 8.77. The molecule has 2 aromatic rings. The van der Waals surface area contributed by atoms with Gasteiger partial charge >= 0.3 is 0 Å². The Morgan fingerprint density at radius 3 is 2.89 bits per heavy atom. The summed E-state index contributed by atoms with van der Waals surface area (Å²) in [7, 11) is 1.89. The summed E-state index contributed by atoms with van der Waals surface area (Å²) in [6.07, 6.45) is 3.55. The third-order valence-electron chi connectivity index (χ3n) is 2.98. The minimum Gasteiger partial charge on any atom is -0.337 e. The molecule has 96 valence electrons. The monoisotopic (exact) mass is 246 g/mol. The van der Waals surface area contributed by atoms with Gasteiger partial charge in [0.05, 0.1) is 6.04 Å². The van der Waals surface area contributed by atoms with Crippen molar-refractivity contribution in [1.82, 2.24) is 20.4 Å². The second-order valence-electron chi connectivity index (χ2n) is 4.07. The lowest BCUT2D eigenvalue weighted by Gasteiger charge is -2.06. The number of hydrogen-bond acceptors (Lipinski definition) is 5. The Morgan fingerprint density at radius 2 is 2.22 bits per heavy atom. The summed E-state index contributed by atoms with van der Waals surface area (Å²) in [5.41, 5.74) is 1.93. The number of aryl methyl sites for hydroxylation is 1. The van der Waals surface area contributed by atoms with Crippen LogP contribution in [0.3, 0.4) is 0 Å². The SMILES string of the molecule is CCc1cccnc1-c1noc(C(CC)NC)n1. The van der Waals surface area contributed by atoms with E-state index in [1.54, 1.807) is 6.20 Å². The van der Waals surface area contributed by atoms with Crippen molar-refractivity contribution >= 4 is 0 Å². The predicted molar refractivity (Wildman–Crippen MR) is 69.0 cm³/mol. The van der Waals surface area contributed by atoms with Crippen LogP contribution in [-0.2, 0) is 6.42 Å². The van der Waals surface area contributed by atoms with E-state index in [1.807, 2.05) is 19.2 Å². The van der Waals surface area contributed by atoms with Gasteiger partial charge in [-0.15, -0.1) is 0 Å². The molecule has 0 bridgehead atoms. The molecule has 0 spiro atoms. The van der Waals surface area contributed by atoms with Crippen molar-refractivity contribution in [1.29, 1.82) is 0 Å². The third-order valence-corrected chi connectivity index (χ3v) is 2.98. The molecular formula is C13H18N4O. The van der Waals surface area contributed by atoms with Crippen molar-refractivity contribution < 1.29 is 4.52 Å². The normalized spacial score (nSPS) is 12.6. The highest BCUT2D eigenvalue weighted by atomic mass is 16.5. The first-order valence-corrected chi connectivity index (χ1v) is 6.25. The lowest BCUT2D eigenvalue weighted by atomic mass is 10.1. The summed E-state index contributed by atoms with van der Waals surface area (Å²) in [6.45, 7) is 4.16. The maximum Gasteiger partial charge on any atom is 0.244 e. The van der Waals surface area contributed by atoms with E-state index in [1.165, 1.54) is 0 Å². The van der Waals surface area contributed by atoms with Crippen molar-refractivity contribution in [2.75, 3.05) is 7.05 Å². The highest BCUT2D eigenvalue weighted by Crippen LogP contribution is 2.21. The Kier molecular flexibility index (Phi) is 4.04. The van der Waals surface area contributed by atoms with Crippen LogP contribution in [0.25, 0.3) is 11.5 Å². The van der Waals surface area contributed by atoms with Crippen LogP contribution < -0.4 is 5.32 Å². The molecular weight excluding hydrogens is 228 g/mol. The Bertz CT molecular complexity index is 505. The average Bonchev–Trinajstić information content (AvgIpc) is 2.89. The summed E-state index contributed by atoms with van der Waals surface area (Å²) in [5.74, 6) is 1.18. The molecule has 0 amide bonds. The van der Waals surface area contributed by atoms with Gasteiger partial charge < -0.3 is 9.84 Å². The molecule has 0 aliphatic rings. The van der Waals surface area contributed by atoms with Crippen LogP contribution in [0.15, 0.2) is 22.9 Å². The third kappa shape index (κ3) is 2.41. The smallest absolute Gasteiger partial charge is 0.244 e. The second-order valence-corrected chi connectivity index (χ2v) is 4.07. The number of nitrogens with one attached hydrogen (secondary N) is 1. The van der Waals surface area contributed by atoms with E-state index in [-0.39, 0.29) is 6.04 Å². The van der Waals surface area contributed by atoms with Gasteiger partial charge in [0.2, 0.25) is 11.7 Å². The van der Waals surface area contributed by atoms with Gasteiger partial charge in [-0.25, -0.2) is 0 Å². The first kappa shape index (κ1) is 12.7. The van der Waals surface area contributed by atoms with Crippen LogP contribution in [0.1, 0.15) is 37.8 Å². The minimum absolute atomic E-state index is 0.0973. The first-order chi connectivity index (χ1) is 8.80. The van der Waals surface area contributed by atoms with Crippen molar-refractivity contribution in [3.63, 3.8) is 0 Å². The van der Waals surface area contributed by atoms with Gasteiger partial charge in [-0.2, -0.15) is 4.98 Å². The molecule has 0 saturated carbocycles. The lowest BCUT2D eigenvalue weighted by Crippen LogP contribution is -2.15. The molecule has 0 radical (unpaired) electrons. The molecule has 1 N–H and O–H groups in total. The summed E-state index contributed by atoms with van der Waals surface area (Å²) < 4.78 is 5.30. The van der Waals surface area contributed by atoms with Crippen molar-refractivity contribution in [2.24, 2.45) is 0 Å². The summed E-state index contributed by atoms with van der Waals surface area (Å²) >= 11 is 0. The highest BCUT2D eigenvalue weighted by Gasteiger charge is 2.17. The van der Waals surface area contributed by atoms with Gasteiger partial charge in [-0.05, 0) is 31.5 Å². The van der Waals surface area contributed by atoms with E-state index in [2.05, 4.69) is 34.3 Å². The number of nitrogens with zero attached hydrogens (tertiary/aromatic N) is 3. The second kappa shape index (κ2) is 5.73. The quantitative estimate of drug-likeness (QED) is 0.877. The lowest BCUT2D eigenvalue weighted by molar-refractivity contribution is 0.334.